The minimum atomic E-state index is 0.837. The molecule has 0 saturated carbocycles. The molecule has 2 heterocycles. The van der Waals surface area contributed by atoms with Gasteiger partial charge in [0.15, 0.2) is 0 Å². The molecule has 0 radical (unpaired) electrons. The van der Waals surface area contributed by atoms with Crippen molar-refractivity contribution in [1.82, 2.24) is 9.78 Å². The molecule has 1 aliphatic rings. The quantitative estimate of drug-likeness (QED) is 0.752. The number of benzene rings is 2. The first-order valence-electron chi connectivity index (χ1n) is 8.34. The molecule has 4 heteroatoms. The Labute approximate surface area is 136 Å². The maximum absolute atomic E-state index is 6.17. The van der Waals surface area contributed by atoms with Gasteiger partial charge in [0.1, 0.15) is 0 Å². The Kier molecular flexibility index (Phi) is 3.45. The molecule has 0 bridgehead atoms. The van der Waals surface area contributed by atoms with Crippen LogP contribution in [0, 0.1) is 0 Å². The Bertz CT molecular complexity index is 850. The van der Waals surface area contributed by atoms with Crippen molar-refractivity contribution in [3.8, 4) is 0 Å². The van der Waals surface area contributed by atoms with E-state index in [1.165, 1.54) is 22.2 Å². The molecule has 0 atom stereocenters. The average Bonchev–Trinajstić information content (AvgIpc) is 2.94. The minimum Gasteiger partial charge on any atom is -0.398 e. The fourth-order valence-corrected chi connectivity index (χ4v) is 3.63. The maximum Gasteiger partial charge on any atom is 0.0896 e. The normalized spacial score (nSPS) is 14.2. The number of fused-ring (bicyclic) bond motifs is 2. The van der Waals surface area contributed by atoms with E-state index >= 15 is 0 Å². The zero-order valence-corrected chi connectivity index (χ0v) is 13.5. The van der Waals surface area contributed by atoms with E-state index in [1.807, 2.05) is 6.07 Å². The second kappa shape index (κ2) is 5.61. The topological polar surface area (TPSA) is 47.1 Å². The van der Waals surface area contributed by atoms with E-state index < -0.39 is 0 Å². The highest BCUT2D eigenvalue weighted by molar-refractivity contribution is 5.82. The molecule has 118 valence electrons. The molecular weight excluding hydrogens is 284 g/mol. The molecule has 3 aromatic rings. The van der Waals surface area contributed by atoms with Crippen LogP contribution in [-0.4, -0.2) is 16.3 Å². The van der Waals surface area contributed by atoms with Crippen molar-refractivity contribution in [2.45, 2.75) is 32.9 Å². The number of nitrogens with zero attached hydrogens (tertiary/aromatic N) is 3. The number of hydrogen-bond donors (Lipinski definition) is 1. The zero-order chi connectivity index (χ0) is 15.8. The van der Waals surface area contributed by atoms with Gasteiger partial charge < -0.3 is 10.6 Å². The van der Waals surface area contributed by atoms with Gasteiger partial charge in [-0.3, -0.25) is 4.68 Å². The van der Waals surface area contributed by atoms with Gasteiger partial charge in [-0.1, -0.05) is 24.3 Å². The highest BCUT2D eigenvalue weighted by atomic mass is 15.3. The maximum atomic E-state index is 6.17. The van der Waals surface area contributed by atoms with E-state index in [9.17, 15) is 0 Å². The summed E-state index contributed by atoms with van der Waals surface area (Å²) >= 11 is 0. The van der Waals surface area contributed by atoms with Crippen LogP contribution in [-0.2, 0) is 19.5 Å². The Morgan fingerprint density at radius 3 is 2.87 bits per heavy atom. The summed E-state index contributed by atoms with van der Waals surface area (Å²) in [5.41, 5.74) is 12.0. The number of aromatic nitrogens is 2. The first-order chi connectivity index (χ1) is 11.3. The number of nitrogen functional groups attached to an aromatic ring is 1. The molecule has 4 rings (SSSR count). The monoisotopic (exact) mass is 306 g/mol. The molecule has 0 fully saturated rings. The molecule has 0 saturated heterocycles. The lowest BCUT2D eigenvalue weighted by Crippen LogP contribution is -2.29. The van der Waals surface area contributed by atoms with Gasteiger partial charge in [-0.25, -0.2) is 0 Å². The van der Waals surface area contributed by atoms with Crippen LogP contribution < -0.4 is 10.6 Å². The van der Waals surface area contributed by atoms with Crippen LogP contribution in [0.2, 0.25) is 0 Å². The molecule has 2 aromatic carbocycles. The van der Waals surface area contributed by atoms with E-state index in [-0.39, 0.29) is 0 Å². The molecule has 0 aliphatic carbocycles. The van der Waals surface area contributed by atoms with Gasteiger partial charge in [-0.05, 0) is 43.5 Å². The Hall–Kier alpha value is -2.49. The van der Waals surface area contributed by atoms with Gasteiger partial charge >= 0.3 is 0 Å². The van der Waals surface area contributed by atoms with Gasteiger partial charge in [0.25, 0.3) is 0 Å². The van der Waals surface area contributed by atoms with E-state index in [2.05, 4.69) is 52.9 Å². The highest BCUT2D eigenvalue weighted by Gasteiger charge is 2.20. The van der Waals surface area contributed by atoms with Crippen LogP contribution >= 0.6 is 0 Å². The van der Waals surface area contributed by atoms with Gasteiger partial charge in [0.05, 0.1) is 17.8 Å². The van der Waals surface area contributed by atoms with Crippen molar-refractivity contribution in [1.29, 1.82) is 0 Å². The Morgan fingerprint density at radius 2 is 2.00 bits per heavy atom. The molecule has 0 amide bonds. The van der Waals surface area contributed by atoms with E-state index in [4.69, 9.17) is 10.8 Å². The summed E-state index contributed by atoms with van der Waals surface area (Å²) in [6.45, 7) is 4.93. The molecule has 1 aliphatic heterocycles. The van der Waals surface area contributed by atoms with Crippen molar-refractivity contribution in [2.24, 2.45) is 0 Å². The lowest BCUT2D eigenvalue weighted by atomic mass is 9.99. The number of para-hydroxylation sites is 1. The number of rotatable bonds is 3. The Balaban J connectivity index is 1.74. The largest absolute Gasteiger partial charge is 0.398 e. The summed E-state index contributed by atoms with van der Waals surface area (Å²) in [4.78, 5) is 2.42. The van der Waals surface area contributed by atoms with Crippen molar-refractivity contribution in [2.75, 3.05) is 17.2 Å². The standard InChI is InChI=1S/C19H22N4/c1-2-23-19-10-4-3-7-15(19)17(21-23)13-22-12-6-8-14-16(20)9-5-11-18(14)22/h3-5,7,9-11H,2,6,8,12-13,20H2,1H3. The first-order valence-corrected chi connectivity index (χ1v) is 8.34. The summed E-state index contributed by atoms with van der Waals surface area (Å²) in [6.07, 6.45) is 2.22. The van der Waals surface area contributed by atoms with Crippen LogP contribution in [0.15, 0.2) is 42.5 Å². The molecule has 4 nitrogen and oxygen atoms in total. The average molecular weight is 306 g/mol. The molecule has 0 spiro atoms. The smallest absolute Gasteiger partial charge is 0.0896 e. The van der Waals surface area contributed by atoms with Crippen molar-refractivity contribution >= 4 is 22.3 Å². The number of nitrogens with two attached hydrogens (primary N) is 1. The second-order valence-electron chi connectivity index (χ2n) is 6.15. The fourth-order valence-electron chi connectivity index (χ4n) is 3.63. The summed E-state index contributed by atoms with van der Waals surface area (Å²) < 4.78 is 2.09. The van der Waals surface area contributed by atoms with Gasteiger partial charge in [-0.2, -0.15) is 5.10 Å². The third-order valence-electron chi connectivity index (χ3n) is 4.76. The fraction of sp³-hybridized carbons (Fsp3) is 0.316. The van der Waals surface area contributed by atoms with E-state index in [0.717, 1.165) is 43.9 Å². The lowest BCUT2D eigenvalue weighted by molar-refractivity contribution is 0.644. The van der Waals surface area contributed by atoms with Gasteiger partial charge in [-0.15, -0.1) is 0 Å². The number of anilines is 2. The number of aryl methyl sites for hydroxylation is 1. The van der Waals surface area contributed by atoms with Gasteiger partial charge in [0.2, 0.25) is 0 Å². The van der Waals surface area contributed by atoms with Crippen molar-refractivity contribution < 1.29 is 0 Å². The predicted octanol–water partition coefficient (Wildman–Crippen LogP) is 3.59. The SMILES string of the molecule is CCn1nc(CN2CCCc3c(N)cccc32)c2ccccc21. The van der Waals surface area contributed by atoms with E-state index in [0.29, 0.717) is 0 Å². The van der Waals surface area contributed by atoms with Crippen LogP contribution in [0.1, 0.15) is 24.6 Å². The third kappa shape index (κ3) is 2.34. The van der Waals surface area contributed by atoms with Crippen LogP contribution in [0.3, 0.4) is 0 Å². The molecular formula is C19H22N4. The predicted molar refractivity (Wildman–Crippen MR) is 95.6 cm³/mol. The van der Waals surface area contributed by atoms with Crippen LogP contribution in [0.5, 0.6) is 0 Å². The Morgan fingerprint density at radius 1 is 1.13 bits per heavy atom. The summed E-state index contributed by atoms with van der Waals surface area (Å²) in [6, 6.07) is 14.7. The molecule has 23 heavy (non-hydrogen) atoms. The van der Waals surface area contributed by atoms with Crippen LogP contribution in [0.25, 0.3) is 10.9 Å². The summed E-state index contributed by atoms with van der Waals surface area (Å²) in [5, 5.41) is 6.10. The number of hydrogen-bond acceptors (Lipinski definition) is 3. The third-order valence-corrected chi connectivity index (χ3v) is 4.76. The molecule has 0 unspecified atom stereocenters. The van der Waals surface area contributed by atoms with Crippen molar-refractivity contribution in [3.05, 3.63) is 53.7 Å². The van der Waals surface area contributed by atoms with Crippen molar-refractivity contribution in [3.63, 3.8) is 0 Å². The second-order valence-corrected chi connectivity index (χ2v) is 6.15. The van der Waals surface area contributed by atoms with E-state index in [1.54, 1.807) is 0 Å². The van der Waals surface area contributed by atoms with Crippen LogP contribution in [0.4, 0.5) is 11.4 Å². The summed E-state index contributed by atoms with van der Waals surface area (Å²) in [5.74, 6) is 0. The molecule has 1 aromatic heterocycles. The minimum absolute atomic E-state index is 0.837. The first kappa shape index (κ1) is 14.1. The summed E-state index contributed by atoms with van der Waals surface area (Å²) in [7, 11) is 0. The lowest BCUT2D eigenvalue weighted by Gasteiger charge is -2.31. The zero-order valence-electron chi connectivity index (χ0n) is 13.5. The highest BCUT2D eigenvalue weighted by Crippen LogP contribution is 2.33. The van der Waals surface area contributed by atoms with Gasteiger partial charge in [0, 0.05) is 29.9 Å². The molecule has 2 N–H and O–H groups in total.